The van der Waals surface area contributed by atoms with Gasteiger partial charge in [-0.05, 0) is 30.5 Å². The summed E-state index contributed by atoms with van der Waals surface area (Å²) in [7, 11) is 0. The highest BCUT2D eigenvalue weighted by atomic mass is 35.5. The zero-order valence-corrected chi connectivity index (χ0v) is 17.6. The first kappa shape index (κ1) is 20.3. The number of benzene rings is 2. The maximum Gasteiger partial charge on any atom is 0.318 e. The predicted molar refractivity (Wildman–Crippen MR) is 117 cm³/mol. The average Bonchev–Trinajstić information content (AvgIpc) is 3.43. The highest BCUT2D eigenvalue weighted by molar-refractivity contribution is 7.18. The molecule has 30 heavy (non-hydrogen) atoms. The van der Waals surface area contributed by atoms with Gasteiger partial charge in [0, 0.05) is 23.7 Å². The molecule has 0 saturated carbocycles. The van der Waals surface area contributed by atoms with E-state index in [9.17, 15) is 9.59 Å². The number of carbonyl (C=O) groups is 2. The molecule has 2 N–H and O–H groups in total. The molecule has 1 atom stereocenters. The van der Waals surface area contributed by atoms with Gasteiger partial charge in [0.2, 0.25) is 11.0 Å². The van der Waals surface area contributed by atoms with Gasteiger partial charge in [0.25, 0.3) is 0 Å². The van der Waals surface area contributed by atoms with Gasteiger partial charge >= 0.3 is 6.03 Å². The molecule has 0 bridgehead atoms. The van der Waals surface area contributed by atoms with E-state index >= 15 is 0 Å². The van der Waals surface area contributed by atoms with Crippen LogP contribution in [-0.2, 0) is 11.3 Å². The summed E-state index contributed by atoms with van der Waals surface area (Å²) in [6.07, 6.45) is 1.39. The Balaban J connectivity index is 1.37. The van der Waals surface area contributed by atoms with Crippen molar-refractivity contribution in [1.82, 2.24) is 20.4 Å². The van der Waals surface area contributed by atoms with Crippen molar-refractivity contribution in [3.63, 3.8) is 0 Å². The molecule has 1 saturated heterocycles. The van der Waals surface area contributed by atoms with E-state index in [1.54, 1.807) is 17.0 Å². The van der Waals surface area contributed by atoms with Crippen molar-refractivity contribution in [1.29, 1.82) is 0 Å². The van der Waals surface area contributed by atoms with Crippen molar-refractivity contribution in [3.8, 4) is 10.6 Å². The molecule has 2 aromatic carbocycles. The monoisotopic (exact) mass is 441 g/mol. The lowest BCUT2D eigenvalue weighted by molar-refractivity contribution is -0.119. The molecule has 2 heterocycles. The third-order valence-electron chi connectivity index (χ3n) is 4.83. The van der Waals surface area contributed by atoms with Gasteiger partial charge in [-0.1, -0.05) is 65.4 Å². The van der Waals surface area contributed by atoms with Gasteiger partial charge in [0.15, 0.2) is 0 Å². The summed E-state index contributed by atoms with van der Waals surface area (Å²) < 4.78 is 0. The summed E-state index contributed by atoms with van der Waals surface area (Å²) in [6, 6.07) is 16.2. The third kappa shape index (κ3) is 4.77. The molecule has 3 aromatic rings. The largest absolute Gasteiger partial charge is 0.334 e. The number of rotatable bonds is 5. The molecule has 4 rings (SSSR count). The second kappa shape index (κ2) is 9.23. The number of amides is 3. The molecule has 1 aliphatic rings. The smallest absolute Gasteiger partial charge is 0.318 e. The molecule has 1 unspecified atom stereocenters. The fourth-order valence-corrected chi connectivity index (χ4v) is 4.29. The second-order valence-electron chi connectivity index (χ2n) is 6.91. The van der Waals surface area contributed by atoms with E-state index in [4.69, 9.17) is 11.6 Å². The van der Waals surface area contributed by atoms with Crippen LogP contribution in [0.3, 0.4) is 0 Å². The first-order valence-corrected chi connectivity index (χ1v) is 10.8. The molecule has 7 nitrogen and oxygen atoms in total. The zero-order chi connectivity index (χ0) is 20.9. The Bertz CT molecular complexity index is 1040. The number of anilines is 1. The molecule has 154 valence electrons. The number of nitrogens with one attached hydrogen (secondary N) is 2. The normalized spacial score (nSPS) is 15.8. The fourth-order valence-electron chi connectivity index (χ4n) is 3.36. The summed E-state index contributed by atoms with van der Waals surface area (Å²) in [5.74, 6) is -0.254. The number of carbonyl (C=O) groups excluding carboxylic acids is 2. The van der Waals surface area contributed by atoms with E-state index in [2.05, 4.69) is 20.8 Å². The molecule has 0 radical (unpaired) electrons. The summed E-state index contributed by atoms with van der Waals surface area (Å²) >= 11 is 7.29. The van der Waals surface area contributed by atoms with E-state index in [1.165, 1.54) is 11.3 Å². The number of nitrogens with zero attached hydrogens (tertiary/aromatic N) is 3. The lowest BCUT2D eigenvalue weighted by Gasteiger charge is -2.23. The number of hydrogen-bond donors (Lipinski definition) is 2. The SMILES string of the molecule is O=C(Nc1nnc(-c2cccc(Cl)c2)s1)C1CCCN1C(=O)NCc1ccccc1. The molecule has 1 aromatic heterocycles. The Morgan fingerprint density at radius 1 is 1.13 bits per heavy atom. The van der Waals surface area contributed by atoms with Crippen LogP contribution in [0.2, 0.25) is 5.02 Å². The van der Waals surface area contributed by atoms with Crippen LogP contribution in [0.5, 0.6) is 0 Å². The lowest BCUT2D eigenvalue weighted by Crippen LogP contribution is -2.47. The fraction of sp³-hybridized carbons (Fsp3) is 0.238. The van der Waals surface area contributed by atoms with Crippen molar-refractivity contribution in [2.75, 3.05) is 11.9 Å². The zero-order valence-electron chi connectivity index (χ0n) is 16.0. The van der Waals surface area contributed by atoms with E-state index in [0.29, 0.717) is 34.7 Å². The minimum Gasteiger partial charge on any atom is -0.334 e. The van der Waals surface area contributed by atoms with E-state index < -0.39 is 6.04 Å². The van der Waals surface area contributed by atoms with Crippen LogP contribution in [0.1, 0.15) is 18.4 Å². The Kier molecular flexibility index (Phi) is 6.25. The van der Waals surface area contributed by atoms with Crippen LogP contribution in [0.4, 0.5) is 9.93 Å². The quantitative estimate of drug-likeness (QED) is 0.622. The van der Waals surface area contributed by atoms with Crippen LogP contribution in [0.15, 0.2) is 54.6 Å². The third-order valence-corrected chi connectivity index (χ3v) is 5.95. The minimum atomic E-state index is -0.528. The van der Waals surface area contributed by atoms with Gasteiger partial charge in [0.1, 0.15) is 11.0 Å². The van der Waals surface area contributed by atoms with Crippen molar-refractivity contribution in [3.05, 3.63) is 65.2 Å². The molecule has 1 fully saturated rings. The highest BCUT2D eigenvalue weighted by Gasteiger charge is 2.34. The Morgan fingerprint density at radius 3 is 2.77 bits per heavy atom. The van der Waals surface area contributed by atoms with E-state index in [0.717, 1.165) is 17.5 Å². The Hall–Kier alpha value is -2.97. The number of hydrogen-bond acceptors (Lipinski definition) is 5. The van der Waals surface area contributed by atoms with Crippen molar-refractivity contribution < 1.29 is 9.59 Å². The van der Waals surface area contributed by atoms with Gasteiger partial charge < -0.3 is 10.2 Å². The number of likely N-dealkylation sites (tertiary alicyclic amines) is 1. The average molecular weight is 442 g/mol. The Morgan fingerprint density at radius 2 is 1.97 bits per heavy atom. The van der Waals surface area contributed by atoms with Crippen LogP contribution in [0, 0.1) is 0 Å². The van der Waals surface area contributed by atoms with Gasteiger partial charge in [-0.25, -0.2) is 4.79 Å². The maximum absolute atomic E-state index is 12.8. The second-order valence-corrected chi connectivity index (χ2v) is 8.32. The topological polar surface area (TPSA) is 87.2 Å². The molecular formula is C21H20ClN5O2S. The molecule has 1 aliphatic heterocycles. The molecule has 0 aliphatic carbocycles. The highest BCUT2D eigenvalue weighted by Crippen LogP contribution is 2.28. The molecular weight excluding hydrogens is 422 g/mol. The van der Waals surface area contributed by atoms with Crippen LogP contribution >= 0.6 is 22.9 Å². The summed E-state index contributed by atoms with van der Waals surface area (Å²) in [4.78, 5) is 27.0. The van der Waals surface area contributed by atoms with Crippen LogP contribution < -0.4 is 10.6 Å². The maximum atomic E-state index is 12.8. The van der Waals surface area contributed by atoms with E-state index in [-0.39, 0.29) is 11.9 Å². The predicted octanol–water partition coefficient (Wildman–Crippen LogP) is 4.17. The molecule has 9 heteroatoms. The summed E-state index contributed by atoms with van der Waals surface area (Å²) in [5.41, 5.74) is 1.84. The van der Waals surface area contributed by atoms with E-state index in [1.807, 2.05) is 42.5 Å². The standard InChI is InChI=1S/C21H20ClN5O2S/c22-16-9-4-8-15(12-16)19-25-26-20(30-19)24-18(28)17-10-5-11-27(17)21(29)23-13-14-6-2-1-3-7-14/h1-4,6-9,12,17H,5,10-11,13H2,(H,23,29)(H,24,26,28). The number of urea groups is 1. The summed E-state index contributed by atoms with van der Waals surface area (Å²) in [5, 5.41) is 15.5. The van der Waals surface area contributed by atoms with Gasteiger partial charge in [-0.2, -0.15) is 0 Å². The summed E-state index contributed by atoms with van der Waals surface area (Å²) in [6.45, 7) is 0.965. The van der Waals surface area contributed by atoms with Crippen molar-refractivity contribution in [2.24, 2.45) is 0 Å². The van der Waals surface area contributed by atoms with Gasteiger partial charge in [-0.15, -0.1) is 10.2 Å². The first-order chi connectivity index (χ1) is 14.6. The number of halogens is 1. The first-order valence-electron chi connectivity index (χ1n) is 9.59. The lowest BCUT2D eigenvalue weighted by atomic mass is 10.2. The van der Waals surface area contributed by atoms with Crippen LogP contribution in [-0.4, -0.2) is 39.6 Å². The van der Waals surface area contributed by atoms with Crippen LogP contribution in [0.25, 0.3) is 10.6 Å². The van der Waals surface area contributed by atoms with Gasteiger partial charge in [0.05, 0.1) is 0 Å². The van der Waals surface area contributed by atoms with Crippen molar-refractivity contribution in [2.45, 2.75) is 25.4 Å². The van der Waals surface area contributed by atoms with Crippen molar-refractivity contribution >= 4 is 40.0 Å². The number of aromatic nitrogens is 2. The molecule has 3 amide bonds. The van der Waals surface area contributed by atoms with Gasteiger partial charge in [-0.3, -0.25) is 10.1 Å². The minimum absolute atomic E-state index is 0.242. The molecule has 0 spiro atoms. The Labute approximate surface area is 183 Å².